The van der Waals surface area contributed by atoms with Crippen LogP contribution in [0.25, 0.3) is 0 Å². The fourth-order valence-corrected chi connectivity index (χ4v) is 5.31. The first kappa shape index (κ1) is 26.0. The zero-order chi connectivity index (χ0) is 25.7. The Labute approximate surface area is 218 Å². The quantitative estimate of drug-likeness (QED) is 0.587. The summed E-state index contributed by atoms with van der Waals surface area (Å²) in [4.78, 5) is 43.3. The smallest absolute Gasteiger partial charge is 0.321 e. The summed E-state index contributed by atoms with van der Waals surface area (Å²) in [6.07, 6.45) is 4.35. The van der Waals surface area contributed by atoms with E-state index in [0.29, 0.717) is 42.2 Å². The maximum atomic E-state index is 13.7. The molecule has 0 saturated carbocycles. The third-order valence-electron chi connectivity index (χ3n) is 7.33. The molecule has 2 aliphatic heterocycles. The summed E-state index contributed by atoms with van der Waals surface area (Å²) in [5.74, 6) is -0.292. The van der Waals surface area contributed by atoms with Gasteiger partial charge in [0.1, 0.15) is 6.04 Å². The Morgan fingerprint density at radius 3 is 2.36 bits per heavy atom. The van der Waals surface area contributed by atoms with E-state index in [1.54, 1.807) is 41.3 Å². The van der Waals surface area contributed by atoms with Gasteiger partial charge in [-0.25, -0.2) is 4.79 Å². The molecular formula is C28H35ClN4O3. The van der Waals surface area contributed by atoms with E-state index in [4.69, 9.17) is 11.6 Å². The number of likely N-dealkylation sites (tertiary alicyclic amines) is 2. The molecule has 2 heterocycles. The standard InChI is InChI=1S/C28H35ClN4O3/c1-19-9-11-22(12-10-19)26(34)31-25(27(35)33-15-4-3-6-20(33)2)21-13-16-32(17-14-21)28(36)30-24-8-5-7-23(29)18-24/h5,7-12,18,20-21,25H,3-4,6,13-17H2,1-2H3,(H,30,36)(H,31,34)/t20-,25-/m1/s1. The van der Waals surface area contributed by atoms with Crippen molar-refractivity contribution in [2.75, 3.05) is 25.0 Å². The van der Waals surface area contributed by atoms with Crippen LogP contribution in [0.1, 0.15) is 54.9 Å². The zero-order valence-electron chi connectivity index (χ0n) is 21.0. The van der Waals surface area contributed by atoms with Gasteiger partial charge in [0.2, 0.25) is 5.91 Å². The summed E-state index contributed by atoms with van der Waals surface area (Å²) < 4.78 is 0. The van der Waals surface area contributed by atoms with Crippen LogP contribution >= 0.6 is 11.6 Å². The second-order valence-electron chi connectivity index (χ2n) is 9.96. The summed E-state index contributed by atoms with van der Waals surface area (Å²) in [5, 5.41) is 6.52. The number of hydrogen-bond donors (Lipinski definition) is 2. The van der Waals surface area contributed by atoms with E-state index in [1.807, 2.05) is 24.0 Å². The van der Waals surface area contributed by atoms with Crippen molar-refractivity contribution in [1.29, 1.82) is 0 Å². The molecule has 2 atom stereocenters. The van der Waals surface area contributed by atoms with Gasteiger partial charge in [-0.3, -0.25) is 9.59 Å². The molecule has 2 aromatic carbocycles. The van der Waals surface area contributed by atoms with Crippen LogP contribution in [0.5, 0.6) is 0 Å². The summed E-state index contributed by atoms with van der Waals surface area (Å²) in [7, 11) is 0. The number of nitrogens with one attached hydrogen (secondary N) is 2. The van der Waals surface area contributed by atoms with Crippen LogP contribution in [0.3, 0.4) is 0 Å². The molecule has 0 spiro atoms. The fraction of sp³-hybridized carbons (Fsp3) is 0.464. The third-order valence-corrected chi connectivity index (χ3v) is 7.56. The Morgan fingerprint density at radius 2 is 1.69 bits per heavy atom. The molecular weight excluding hydrogens is 476 g/mol. The van der Waals surface area contributed by atoms with Crippen LogP contribution in [0.15, 0.2) is 48.5 Å². The molecule has 2 aliphatic rings. The first-order chi connectivity index (χ1) is 17.3. The highest BCUT2D eigenvalue weighted by atomic mass is 35.5. The molecule has 2 N–H and O–H groups in total. The normalized spacial score (nSPS) is 19.5. The van der Waals surface area contributed by atoms with E-state index < -0.39 is 6.04 Å². The average molecular weight is 511 g/mol. The van der Waals surface area contributed by atoms with Gasteiger partial charge in [0, 0.05) is 41.9 Å². The number of urea groups is 1. The lowest BCUT2D eigenvalue weighted by atomic mass is 9.87. The molecule has 36 heavy (non-hydrogen) atoms. The fourth-order valence-electron chi connectivity index (χ4n) is 5.12. The van der Waals surface area contributed by atoms with Crippen LogP contribution in [0, 0.1) is 12.8 Å². The van der Waals surface area contributed by atoms with E-state index in [0.717, 1.165) is 31.4 Å². The number of piperidine rings is 2. The van der Waals surface area contributed by atoms with Crippen molar-refractivity contribution in [2.24, 2.45) is 5.92 Å². The maximum Gasteiger partial charge on any atom is 0.321 e. The van der Waals surface area contributed by atoms with Crippen LogP contribution in [-0.2, 0) is 4.79 Å². The van der Waals surface area contributed by atoms with Crippen molar-refractivity contribution >= 4 is 35.1 Å². The molecule has 0 unspecified atom stereocenters. The Bertz CT molecular complexity index is 1080. The number of halogens is 1. The van der Waals surface area contributed by atoms with Crippen LogP contribution in [-0.4, -0.2) is 59.4 Å². The van der Waals surface area contributed by atoms with Crippen molar-refractivity contribution in [3.63, 3.8) is 0 Å². The monoisotopic (exact) mass is 510 g/mol. The lowest BCUT2D eigenvalue weighted by Gasteiger charge is -2.40. The number of rotatable bonds is 5. The van der Waals surface area contributed by atoms with Gasteiger partial charge in [-0.15, -0.1) is 0 Å². The summed E-state index contributed by atoms with van der Waals surface area (Å²) >= 11 is 6.03. The number of hydrogen-bond acceptors (Lipinski definition) is 3. The molecule has 2 saturated heterocycles. The Kier molecular flexibility index (Phi) is 8.52. The predicted octanol–water partition coefficient (Wildman–Crippen LogP) is 5.09. The highest BCUT2D eigenvalue weighted by molar-refractivity contribution is 6.30. The molecule has 0 bridgehead atoms. The molecule has 192 valence electrons. The summed E-state index contributed by atoms with van der Waals surface area (Å²) in [5.41, 5.74) is 2.26. The summed E-state index contributed by atoms with van der Waals surface area (Å²) in [6.45, 7) is 5.80. The van der Waals surface area contributed by atoms with E-state index in [-0.39, 0.29) is 29.8 Å². The first-order valence-electron chi connectivity index (χ1n) is 12.8. The largest absolute Gasteiger partial charge is 0.340 e. The molecule has 2 aromatic rings. The minimum Gasteiger partial charge on any atom is -0.340 e. The topological polar surface area (TPSA) is 81.8 Å². The van der Waals surface area contributed by atoms with Crippen molar-refractivity contribution in [1.82, 2.24) is 15.1 Å². The van der Waals surface area contributed by atoms with Gasteiger partial charge in [0.05, 0.1) is 0 Å². The van der Waals surface area contributed by atoms with E-state index in [9.17, 15) is 14.4 Å². The van der Waals surface area contributed by atoms with E-state index >= 15 is 0 Å². The van der Waals surface area contributed by atoms with Gasteiger partial charge in [0.25, 0.3) is 5.91 Å². The summed E-state index contributed by atoms with van der Waals surface area (Å²) in [6, 6.07) is 13.8. The van der Waals surface area contributed by atoms with Crippen molar-refractivity contribution in [2.45, 2.75) is 58.0 Å². The Balaban J connectivity index is 1.44. The molecule has 4 amide bonds. The number of carbonyl (C=O) groups excluding carboxylic acids is 3. The zero-order valence-corrected chi connectivity index (χ0v) is 21.8. The minimum atomic E-state index is -0.613. The van der Waals surface area contributed by atoms with Gasteiger partial charge < -0.3 is 20.4 Å². The average Bonchev–Trinajstić information content (AvgIpc) is 2.87. The van der Waals surface area contributed by atoms with Crippen molar-refractivity contribution in [3.8, 4) is 0 Å². The second-order valence-corrected chi connectivity index (χ2v) is 10.4. The van der Waals surface area contributed by atoms with Crippen molar-refractivity contribution < 1.29 is 14.4 Å². The van der Waals surface area contributed by atoms with Gasteiger partial charge in [-0.2, -0.15) is 0 Å². The lowest BCUT2D eigenvalue weighted by Crippen LogP contribution is -2.57. The number of anilines is 1. The van der Waals surface area contributed by atoms with Crippen LogP contribution in [0.2, 0.25) is 5.02 Å². The van der Waals surface area contributed by atoms with Crippen molar-refractivity contribution in [3.05, 3.63) is 64.7 Å². The SMILES string of the molecule is Cc1ccc(C(=O)N[C@@H](C(=O)N2CCCC[C@H]2C)C2CCN(C(=O)Nc3cccc(Cl)c3)CC2)cc1. The molecule has 0 radical (unpaired) electrons. The molecule has 0 aliphatic carbocycles. The number of nitrogens with zero attached hydrogens (tertiary/aromatic N) is 2. The number of amides is 4. The second kappa shape index (κ2) is 11.8. The van der Waals surface area contributed by atoms with Crippen LogP contribution < -0.4 is 10.6 Å². The maximum absolute atomic E-state index is 13.7. The molecule has 8 heteroatoms. The number of benzene rings is 2. The Hall–Kier alpha value is -3.06. The van der Waals surface area contributed by atoms with Gasteiger partial charge in [-0.1, -0.05) is 35.4 Å². The Morgan fingerprint density at radius 1 is 0.972 bits per heavy atom. The third kappa shape index (κ3) is 6.38. The first-order valence-corrected chi connectivity index (χ1v) is 13.2. The van der Waals surface area contributed by atoms with E-state index in [1.165, 1.54) is 0 Å². The number of carbonyl (C=O) groups is 3. The molecule has 7 nitrogen and oxygen atoms in total. The predicted molar refractivity (Wildman–Crippen MR) is 142 cm³/mol. The highest BCUT2D eigenvalue weighted by Gasteiger charge is 2.38. The number of aryl methyl sites for hydroxylation is 1. The van der Waals surface area contributed by atoms with Gasteiger partial charge >= 0.3 is 6.03 Å². The lowest BCUT2D eigenvalue weighted by molar-refractivity contribution is -0.138. The molecule has 2 fully saturated rings. The van der Waals surface area contributed by atoms with Gasteiger partial charge in [-0.05, 0) is 82.2 Å². The van der Waals surface area contributed by atoms with E-state index in [2.05, 4.69) is 17.6 Å². The minimum absolute atomic E-state index is 0.00973. The highest BCUT2D eigenvalue weighted by Crippen LogP contribution is 2.26. The van der Waals surface area contributed by atoms with Crippen LogP contribution in [0.4, 0.5) is 10.5 Å². The molecule has 0 aromatic heterocycles. The molecule has 4 rings (SSSR count). The van der Waals surface area contributed by atoms with Gasteiger partial charge in [0.15, 0.2) is 0 Å².